The largest absolute Gasteiger partial charge is 0.444 e. The summed E-state index contributed by atoms with van der Waals surface area (Å²) in [6.07, 6.45) is 0.175. The Morgan fingerprint density at radius 2 is 1.95 bits per heavy atom. The van der Waals surface area contributed by atoms with Gasteiger partial charge >= 0.3 is 6.09 Å². The summed E-state index contributed by atoms with van der Waals surface area (Å²) in [5.74, 6) is 0. The van der Waals surface area contributed by atoms with Crippen LogP contribution in [0.2, 0.25) is 0 Å². The molecule has 1 aromatic rings. The lowest BCUT2D eigenvalue weighted by Gasteiger charge is -2.33. The molecule has 1 aromatic carbocycles. The van der Waals surface area contributed by atoms with E-state index in [0.29, 0.717) is 6.54 Å². The number of nitrogens with zero attached hydrogens (tertiary/aromatic N) is 1. The maximum Gasteiger partial charge on any atom is 0.410 e. The zero-order valence-electron chi connectivity index (χ0n) is 13.2. The number of amides is 1. The van der Waals surface area contributed by atoms with Crippen LogP contribution in [0.15, 0.2) is 43.0 Å². The van der Waals surface area contributed by atoms with E-state index in [0.717, 1.165) is 5.56 Å². The van der Waals surface area contributed by atoms with Crippen molar-refractivity contribution in [3.63, 3.8) is 0 Å². The molecule has 0 aromatic heterocycles. The molecule has 0 saturated heterocycles. The first kappa shape index (κ1) is 17.2. The van der Waals surface area contributed by atoms with Gasteiger partial charge in [0.05, 0.1) is 12.1 Å². The lowest BCUT2D eigenvalue weighted by molar-refractivity contribution is 0.00207. The molecule has 1 rings (SSSR count). The van der Waals surface area contributed by atoms with Crippen molar-refractivity contribution in [2.24, 2.45) is 0 Å². The van der Waals surface area contributed by atoms with Crippen LogP contribution in [0.4, 0.5) is 4.79 Å². The zero-order chi connectivity index (χ0) is 16.0. The number of aliphatic hydroxyl groups excluding tert-OH is 1. The molecule has 1 N–H and O–H groups in total. The summed E-state index contributed by atoms with van der Waals surface area (Å²) in [4.78, 5) is 13.9. The maximum atomic E-state index is 12.4. The van der Waals surface area contributed by atoms with Crippen LogP contribution in [-0.2, 0) is 11.3 Å². The summed E-state index contributed by atoms with van der Waals surface area (Å²) in [6, 6.07) is 9.20. The number of carbonyl (C=O) groups is 1. The minimum atomic E-state index is -0.804. The van der Waals surface area contributed by atoms with Gasteiger partial charge in [-0.2, -0.15) is 0 Å². The summed E-state index contributed by atoms with van der Waals surface area (Å²) < 4.78 is 5.43. The Hall–Kier alpha value is -1.81. The molecule has 4 nitrogen and oxygen atoms in total. The molecule has 0 saturated carbocycles. The van der Waals surface area contributed by atoms with Gasteiger partial charge < -0.3 is 9.84 Å². The molecular formula is C17H25NO3. The van der Waals surface area contributed by atoms with Crippen molar-refractivity contribution < 1.29 is 14.6 Å². The Kier molecular flexibility index (Phi) is 5.97. The zero-order valence-corrected chi connectivity index (χ0v) is 13.2. The van der Waals surface area contributed by atoms with Gasteiger partial charge in [-0.3, -0.25) is 4.90 Å². The van der Waals surface area contributed by atoms with Gasteiger partial charge in [-0.1, -0.05) is 36.4 Å². The number of aliphatic hydroxyl groups is 1. The Bertz CT molecular complexity index is 465. The normalized spacial score (nSPS) is 14.1. The van der Waals surface area contributed by atoms with Crippen molar-refractivity contribution in [1.82, 2.24) is 4.90 Å². The van der Waals surface area contributed by atoms with Gasteiger partial charge in [-0.05, 0) is 33.3 Å². The Balaban J connectivity index is 2.94. The molecule has 0 aliphatic heterocycles. The maximum absolute atomic E-state index is 12.4. The van der Waals surface area contributed by atoms with Gasteiger partial charge in [0.2, 0.25) is 0 Å². The summed E-state index contributed by atoms with van der Waals surface area (Å²) in [5.41, 5.74) is 0.400. The van der Waals surface area contributed by atoms with Crippen LogP contribution in [0.5, 0.6) is 0 Å². The van der Waals surface area contributed by atoms with E-state index < -0.39 is 23.8 Å². The van der Waals surface area contributed by atoms with Gasteiger partial charge in [-0.25, -0.2) is 4.79 Å². The van der Waals surface area contributed by atoms with Crippen LogP contribution in [0.1, 0.15) is 33.3 Å². The summed E-state index contributed by atoms with van der Waals surface area (Å²) in [5, 5.41) is 9.95. The number of hydrogen-bond acceptors (Lipinski definition) is 3. The highest BCUT2D eigenvalue weighted by Gasteiger charge is 2.28. The van der Waals surface area contributed by atoms with Crippen LogP contribution in [0, 0.1) is 0 Å². The first-order valence-electron chi connectivity index (χ1n) is 7.09. The lowest BCUT2D eigenvalue weighted by atomic mass is 10.1. The summed E-state index contributed by atoms with van der Waals surface area (Å²) in [6.45, 7) is 11.2. The highest BCUT2D eigenvalue weighted by atomic mass is 16.6. The van der Waals surface area contributed by atoms with E-state index in [-0.39, 0.29) is 0 Å². The Morgan fingerprint density at radius 3 is 2.43 bits per heavy atom. The molecule has 0 spiro atoms. The van der Waals surface area contributed by atoms with E-state index in [9.17, 15) is 9.90 Å². The average Bonchev–Trinajstić information content (AvgIpc) is 2.42. The Labute approximate surface area is 127 Å². The minimum Gasteiger partial charge on any atom is -0.444 e. The van der Waals surface area contributed by atoms with Gasteiger partial charge in [0.1, 0.15) is 5.60 Å². The van der Waals surface area contributed by atoms with E-state index in [4.69, 9.17) is 4.74 Å². The van der Waals surface area contributed by atoms with Crippen LogP contribution < -0.4 is 0 Å². The molecule has 4 heteroatoms. The van der Waals surface area contributed by atoms with Gasteiger partial charge in [0.15, 0.2) is 0 Å². The molecule has 21 heavy (non-hydrogen) atoms. The molecule has 0 unspecified atom stereocenters. The molecule has 0 heterocycles. The van der Waals surface area contributed by atoms with Crippen molar-refractivity contribution in [3.8, 4) is 0 Å². The van der Waals surface area contributed by atoms with Crippen molar-refractivity contribution in [2.45, 2.75) is 52.0 Å². The van der Waals surface area contributed by atoms with Crippen LogP contribution in [-0.4, -0.2) is 33.8 Å². The third kappa shape index (κ3) is 5.60. The molecular weight excluding hydrogens is 266 g/mol. The molecule has 0 bridgehead atoms. The molecule has 0 aliphatic rings. The highest BCUT2D eigenvalue weighted by Crippen LogP contribution is 2.17. The second-order valence-electron chi connectivity index (χ2n) is 6.06. The number of carbonyl (C=O) groups excluding carboxylic acids is 1. The van der Waals surface area contributed by atoms with Crippen molar-refractivity contribution in [1.29, 1.82) is 0 Å². The molecule has 1 amide bonds. The van der Waals surface area contributed by atoms with E-state index in [1.54, 1.807) is 6.92 Å². The predicted octanol–water partition coefficient (Wildman–Crippen LogP) is 3.36. The van der Waals surface area contributed by atoms with Gasteiger partial charge in [0, 0.05) is 6.54 Å². The molecule has 0 radical (unpaired) electrons. The average molecular weight is 291 g/mol. The first-order valence-corrected chi connectivity index (χ1v) is 7.09. The fourth-order valence-corrected chi connectivity index (χ4v) is 1.86. The predicted molar refractivity (Wildman–Crippen MR) is 83.9 cm³/mol. The van der Waals surface area contributed by atoms with Crippen LogP contribution in [0.3, 0.4) is 0 Å². The molecule has 0 fully saturated rings. The molecule has 116 valence electrons. The smallest absolute Gasteiger partial charge is 0.410 e. The molecule has 0 aliphatic carbocycles. The Morgan fingerprint density at radius 1 is 1.38 bits per heavy atom. The SMILES string of the molecule is C=C[C@@H](O)[C@H](C)N(Cc1ccccc1)C(=O)OC(C)(C)C. The van der Waals surface area contributed by atoms with Crippen LogP contribution in [0.25, 0.3) is 0 Å². The fraction of sp³-hybridized carbons (Fsp3) is 0.471. The van der Waals surface area contributed by atoms with E-state index in [2.05, 4.69) is 6.58 Å². The van der Waals surface area contributed by atoms with E-state index in [1.165, 1.54) is 11.0 Å². The summed E-state index contributed by atoms with van der Waals surface area (Å²) >= 11 is 0. The van der Waals surface area contributed by atoms with E-state index >= 15 is 0 Å². The fourth-order valence-electron chi connectivity index (χ4n) is 1.86. The monoisotopic (exact) mass is 291 g/mol. The molecule has 2 atom stereocenters. The standard InChI is InChI=1S/C17H25NO3/c1-6-15(19)13(2)18(16(20)21-17(3,4)5)12-14-10-8-7-9-11-14/h6-11,13,15,19H,1,12H2,2-5H3/t13-,15+/m0/s1. The topological polar surface area (TPSA) is 49.8 Å². The second kappa shape index (κ2) is 7.27. The number of hydrogen-bond donors (Lipinski definition) is 1. The third-order valence-electron chi connectivity index (χ3n) is 3.05. The van der Waals surface area contributed by atoms with Gasteiger partial charge in [-0.15, -0.1) is 6.58 Å². The van der Waals surface area contributed by atoms with Crippen LogP contribution >= 0.6 is 0 Å². The van der Waals surface area contributed by atoms with Crippen molar-refractivity contribution in [3.05, 3.63) is 48.6 Å². The van der Waals surface area contributed by atoms with E-state index in [1.807, 2.05) is 51.1 Å². The number of benzene rings is 1. The second-order valence-corrected chi connectivity index (χ2v) is 6.06. The van der Waals surface area contributed by atoms with Gasteiger partial charge in [0.25, 0.3) is 0 Å². The number of rotatable bonds is 5. The number of ether oxygens (including phenoxy) is 1. The lowest BCUT2D eigenvalue weighted by Crippen LogP contribution is -2.46. The van der Waals surface area contributed by atoms with Crippen molar-refractivity contribution in [2.75, 3.05) is 0 Å². The summed E-state index contributed by atoms with van der Waals surface area (Å²) in [7, 11) is 0. The first-order chi connectivity index (χ1) is 9.74. The minimum absolute atomic E-state index is 0.377. The quantitative estimate of drug-likeness (QED) is 0.846. The highest BCUT2D eigenvalue weighted by molar-refractivity contribution is 5.68. The van der Waals surface area contributed by atoms with Crippen molar-refractivity contribution >= 4 is 6.09 Å². The third-order valence-corrected chi connectivity index (χ3v) is 3.05.